The molecule has 2 rings (SSSR count). The molecule has 17 heavy (non-hydrogen) atoms. The van der Waals surface area contributed by atoms with Crippen molar-refractivity contribution in [3.63, 3.8) is 0 Å². The van der Waals surface area contributed by atoms with E-state index in [1.807, 2.05) is 6.92 Å². The first-order chi connectivity index (χ1) is 8.09. The van der Waals surface area contributed by atoms with Gasteiger partial charge in [-0.25, -0.2) is 0 Å². The summed E-state index contributed by atoms with van der Waals surface area (Å²) < 4.78 is 0. The molecule has 1 aromatic carbocycles. The van der Waals surface area contributed by atoms with E-state index in [0.29, 0.717) is 5.75 Å². The normalized spacial score (nSPS) is 19.2. The van der Waals surface area contributed by atoms with Gasteiger partial charge in [-0.3, -0.25) is 0 Å². The van der Waals surface area contributed by atoms with Crippen molar-refractivity contribution in [2.24, 2.45) is 0 Å². The fourth-order valence-corrected chi connectivity index (χ4v) is 3.41. The Hall–Kier alpha value is -0.980. The van der Waals surface area contributed by atoms with Crippen molar-refractivity contribution in [2.75, 3.05) is 0 Å². The summed E-state index contributed by atoms with van der Waals surface area (Å²) in [6.07, 6.45) is 7.58. The Labute approximate surface area is 105 Å². The summed E-state index contributed by atoms with van der Waals surface area (Å²) in [6.45, 7) is 6.41. The highest BCUT2D eigenvalue weighted by Gasteiger charge is 2.34. The molecule has 0 aliphatic heterocycles. The number of aryl methyl sites for hydroxylation is 2. The van der Waals surface area contributed by atoms with E-state index in [-0.39, 0.29) is 5.41 Å². The Kier molecular flexibility index (Phi) is 3.46. The van der Waals surface area contributed by atoms with Crippen molar-refractivity contribution in [2.45, 2.75) is 64.7 Å². The summed E-state index contributed by atoms with van der Waals surface area (Å²) in [4.78, 5) is 0. The average molecular weight is 232 g/mol. The lowest BCUT2D eigenvalue weighted by Crippen LogP contribution is -2.28. The summed E-state index contributed by atoms with van der Waals surface area (Å²) in [5.74, 6) is 0.541. The van der Waals surface area contributed by atoms with E-state index in [4.69, 9.17) is 0 Å². The van der Waals surface area contributed by atoms with Crippen LogP contribution in [-0.2, 0) is 5.41 Å². The molecular formula is C16H24O. The molecule has 1 fully saturated rings. The second-order valence-corrected chi connectivity index (χ2v) is 5.67. The Balaban J connectivity index is 2.49. The zero-order valence-corrected chi connectivity index (χ0v) is 11.3. The maximum atomic E-state index is 10.4. The van der Waals surface area contributed by atoms with Gasteiger partial charge in [-0.15, -0.1) is 0 Å². The van der Waals surface area contributed by atoms with Crippen molar-refractivity contribution >= 4 is 0 Å². The van der Waals surface area contributed by atoms with E-state index in [1.165, 1.54) is 43.2 Å². The highest BCUT2D eigenvalue weighted by Crippen LogP contribution is 2.46. The molecule has 0 atom stereocenters. The largest absolute Gasteiger partial charge is 0.507 e. The molecule has 1 aromatic rings. The maximum absolute atomic E-state index is 10.4. The van der Waals surface area contributed by atoms with Gasteiger partial charge in [0.05, 0.1) is 0 Å². The number of hydrogen-bond donors (Lipinski definition) is 1. The molecule has 0 amide bonds. The fourth-order valence-electron chi connectivity index (χ4n) is 3.41. The van der Waals surface area contributed by atoms with Crippen LogP contribution in [0.25, 0.3) is 0 Å². The van der Waals surface area contributed by atoms with Gasteiger partial charge in [-0.2, -0.15) is 0 Å². The fraction of sp³-hybridized carbons (Fsp3) is 0.625. The second-order valence-electron chi connectivity index (χ2n) is 5.67. The number of hydrogen-bond acceptors (Lipinski definition) is 1. The molecule has 0 aromatic heterocycles. The first-order valence-electron chi connectivity index (χ1n) is 6.90. The molecule has 0 unspecified atom stereocenters. The average Bonchev–Trinajstić information content (AvgIpc) is 2.34. The summed E-state index contributed by atoms with van der Waals surface area (Å²) >= 11 is 0. The molecule has 1 aliphatic rings. The van der Waals surface area contributed by atoms with Gasteiger partial charge in [0.2, 0.25) is 0 Å². The molecular weight excluding hydrogens is 208 g/mol. The molecule has 0 saturated heterocycles. The van der Waals surface area contributed by atoms with Crippen molar-refractivity contribution < 1.29 is 5.11 Å². The topological polar surface area (TPSA) is 20.2 Å². The number of benzene rings is 1. The van der Waals surface area contributed by atoms with E-state index < -0.39 is 0 Å². The molecule has 1 heteroatoms. The van der Waals surface area contributed by atoms with Crippen molar-refractivity contribution in [1.82, 2.24) is 0 Å². The van der Waals surface area contributed by atoms with Gasteiger partial charge in [0, 0.05) is 5.56 Å². The van der Waals surface area contributed by atoms with Gasteiger partial charge >= 0.3 is 0 Å². The first kappa shape index (κ1) is 12.5. The predicted octanol–water partition coefficient (Wildman–Crippen LogP) is 4.62. The molecule has 1 aliphatic carbocycles. The van der Waals surface area contributed by atoms with Gasteiger partial charge in [0.15, 0.2) is 0 Å². The predicted molar refractivity (Wildman–Crippen MR) is 72.6 cm³/mol. The summed E-state index contributed by atoms with van der Waals surface area (Å²) in [7, 11) is 0. The Bertz CT molecular complexity index is 400. The Morgan fingerprint density at radius 3 is 2.35 bits per heavy atom. The summed E-state index contributed by atoms with van der Waals surface area (Å²) in [5, 5.41) is 10.4. The molecule has 1 saturated carbocycles. The van der Waals surface area contributed by atoms with Crippen LogP contribution >= 0.6 is 0 Å². The quantitative estimate of drug-likeness (QED) is 0.788. The van der Waals surface area contributed by atoms with Gasteiger partial charge in [0.25, 0.3) is 0 Å². The monoisotopic (exact) mass is 232 g/mol. The van der Waals surface area contributed by atoms with Crippen LogP contribution in [0.5, 0.6) is 5.75 Å². The third-order valence-corrected chi connectivity index (χ3v) is 4.50. The lowest BCUT2D eigenvalue weighted by atomic mass is 9.67. The second kappa shape index (κ2) is 4.72. The zero-order valence-electron chi connectivity index (χ0n) is 11.3. The van der Waals surface area contributed by atoms with E-state index in [2.05, 4.69) is 26.0 Å². The van der Waals surface area contributed by atoms with Crippen LogP contribution in [0.1, 0.15) is 62.1 Å². The van der Waals surface area contributed by atoms with Gasteiger partial charge < -0.3 is 5.11 Å². The van der Waals surface area contributed by atoms with Gasteiger partial charge in [-0.1, -0.05) is 43.9 Å². The molecule has 0 radical (unpaired) electrons. The van der Waals surface area contributed by atoms with Crippen LogP contribution in [0, 0.1) is 13.8 Å². The van der Waals surface area contributed by atoms with Crippen LogP contribution in [0.3, 0.4) is 0 Å². The maximum Gasteiger partial charge on any atom is 0.122 e. The summed E-state index contributed by atoms with van der Waals surface area (Å²) in [6, 6.07) is 4.28. The molecule has 0 heterocycles. The highest BCUT2D eigenvalue weighted by atomic mass is 16.3. The van der Waals surface area contributed by atoms with Gasteiger partial charge in [0.1, 0.15) is 5.75 Å². The van der Waals surface area contributed by atoms with Crippen molar-refractivity contribution in [1.29, 1.82) is 0 Å². The number of aromatic hydroxyl groups is 1. The van der Waals surface area contributed by atoms with Crippen molar-refractivity contribution in [3.05, 3.63) is 28.8 Å². The minimum atomic E-state index is 0.235. The molecule has 0 bridgehead atoms. The van der Waals surface area contributed by atoms with E-state index in [1.54, 1.807) is 0 Å². The van der Waals surface area contributed by atoms with E-state index in [0.717, 1.165) is 12.0 Å². The third kappa shape index (κ3) is 2.20. The highest BCUT2D eigenvalue weighted by molar-refractivity contribution is 5.47. The first-order valence-corrected chi connectivity index (χ1v) is 6.90. The number of phenols is 1. The Morgan fingerprint density at radius 2 is 1.76 bits per heavy atom. The number of rotatable bonds is 2. The Morgan fingerprint density at radius 1 is 1.12 bits per heavy atom. The smallest absolute Gasteiger partial charge is 0.122 e. The SMILES string of the molecule is CCC1(c2cc(C)cc(C)c2O)CCCCC1. The zero-order chi connectivity index (χ0) is 12.5. The van der Waals surface area contributed by atoms with Crippen LogP contribution in [0.15, 0.2) is 12.1 Å². The molecule has 94 valence electrons. The van der Waals surface area contributed by atoms with E-state index in [9.17, 15) is 5.11 Å². The molecule has 0 spiro atoms. The lowest BCUT2D eigenvalue weighted by Gasteiger charge is -2.38. The van der Waals surface area contributed by atoms with E-state index >= 15 is 0 Å². The lowest BCUT2D eigenvalue weighted by molar-refractivity contribution is 0.274. The van der Waals surface area contributed by atoms with Crippen LogP contribution in [-0.4, -0.2) is 5.11 Å². The van der Waals surface area contributed by atoms with Crippen LogP contribution < -0.4 is 0 Å². The van der Waals surface area contributed by atoms with Gasteiger partial charge in [-0.05, 0) is 44.1 Å². The third-order valence-electron chi connectivity index (χ3n) is 4.50. The standard InChI is InChI=1S/C16H24O/c1-4-16(8-6-5-7-9-16)14-11-12(2)10-13(3)15(14)17/h10-11,17H,4-9H2,1-3H3. The summed E-state index contributed by atoms with van der Waals surface area (Å²) in [5.41, 5.74) is 3.74. The van der Waals surface area contributed by atoms with Crippen LogP contribution in [0.2, 0.25) is 0 Å². The molecule has 1 nitrogen and oxygen atoms in total. The number of phenolic OH excluding ortho intramolecular Hbond substituents is 1. The minimum absolute atomic E-state index is 0.235. The minimum Gasteiger partial charge on any atom is -0.507 e. The van der Waals surface area contributed by atoms with Crippen LogP contribution in [0.4, 0.5) is 0 Å². The van der Waals surface area contributed by atoms with Crippen molar-refractivity contribution in [3.8, 4) is 5.75 Å². The molecule has 1 N–H and O–H groups in total.